The van der Waals surface area contributed by atoms with Gasteiger partial charge >= 0.3 is 0 Å². The standard InChI is InChI=1S/C8H9F2N/c1-4-6(9)3-7(11)5(2)8(4)10/h3H,11H2,1-2H3. The molecule has 0 bridgehead atoms. The molecule has 0 saturated heterocycles. The first-order chi connectivity index (χ1) is 5.04. The van der Waals surface area contributed by atoms with Gasteiger partial charge in [-0.15, -0.1) is 0 Å². The van der Waals surface area contributed by atoms with Crippen molar-refractivity contribution in [2.75, 3.05) is 5.73 Å². The molecule has 0 amide bonds. The van der Waals surface area contributed by atoms with E-state index in [4.69, 9.17) is 5.73 Å². The van der Waals surface area contributed by atoms with Crippen LogP contribution in [0.1, 0.15) is 11.1 Å². The van der Waals surface area contributed by atoms with Crippen LogP contribution in [-0.2, 0) is 0 Å². The van der Waals surface area contributed by atoms with E-state index in [0.717, 1.165) is 6.07 Å². The van der Waals surface area contributed by atoms with Crippen molar-refractivity contribution in [2.45, 2.75) is 13.8 Å². The highest BCUT2D eigenvalue weighted by Gasteiger charge is 2.09. The summed E-state index contributed by atoms with van der Waals surface area (Å²) in [6, 6.07) is 1.13. The average Bonchev–Trinajstić information content (AvgIpc) is 1.97. The average molecular weight is 157 g/mol. The molecular formula is C8H9F2N. The van der Waals surface area contributed by atoms with Crippen molar-refractivity contribution in [1.29, 1.82) is 0 Å². The molecule has 0 aliphatic heterocycles. The van der Waals surface area contributed by atoms with E-state index >= 15 is 0 Å². The van der Waals surface area contributed by atoms with Gasteiger partial charge < -0.3 is 5.73 Å². The Morgan fingerprint density at radius 1 is 1.18 bits per heavy atom. The van der Waals surface area contributed by atoms with Gasteiger partial charge in [-0.1, -0.05) is 0 Å². The van der Waals surface area contributed by atoms with E-state index in [-0.39, 0.29) is 11.3 Å². The van der Waals surface area contributed by atoms with Gasteiger partial charge in [0.15, 0.2) is 0 Å². The number of anilines is 1. The van der Waals surface area contributed by atoms with Crippen LogP contribution >= 0.6 is 0 Å². The Labute approximate surface area is 63.8 Å². The number of hydrogen-bond acceptors (Lipinski definition) is 1. The summed E-state index contributed by atoms with van der Waals surface area (Å²) >= 11 is 0. The molecule has 0 unspecified atom stereocenters. The predicted molar refractivity (Wildman–Crippen MR) is 40.2 cm³/mol. The fraction of sp³-hybridized carbons (Fsp3) is 0.250. The molecule has 2 N–H and O–H groups in total. The van der Waals surface area contributed by atoms with E-state index < -0.39 is 11.6 Å². The first-order valence-corrected chi connectivity index (χ1v) is 3.24. The van der Waals surface area contributed by atoms with Crippen LogP contribution in [0.5, 0.6) is 0 Å². The third-order valence-corrected chi connectivity index (χ3v) is 1.73. The Morgan fingerprint density at radius 3 is 2.27 bits per heavy atom. The largest absolute Gasteiger partial charge is 0.398 e. The molecule has 0 saturated carbocycles. The van der Waals surface area contributed by atoms with Gasteiger partial charge in [0.2, 0.25) is 0 Å². The first-order valence-electron chi connectivity index (χ1n) is 3.24. The van der Waals surface area contributed by atoms with E-state index in [1.54, 1.807) is 0 Å². The molecule has 1 nitrogen and oxygen atoms in total. The Morgan fingerprint density at radius 2 is 1.73 bits per heavy atom. The van der Waals surface area contributed by atoms with E-state index in [9.17, 15) is 8.78 Å². The summed E-state index contributed by atoms with van der Waals surface area (Å²) in [6.07, 6.45) is 0. The van der Waals surface area contributed by atoms with Crippen LogP contribution in [0.3, 0.4) is 0 Å². The van der Waals surface area contributed by atoms with E-state index in [1.807, 2.05) is 0 Å². The highest BCUT2D eigenvalue weighted by Crippen LogP contribution is 2.20. The highest BCUT2D eigenvalue weighted by atomic mass is 19.1. The minimum absolute atomic E-state index is 0.0247. The number of benzene rings is 1. The van der Waals surface area contributed by atoms with Gasteiger partial charge in [0, 0.05) is 16.8 Å². The second kappa shape index (κ2) is 2.49. The summed E-state index contributed by atoms with van der Waals surface area (Å²) in [5.74, 6) is -1.15. The molecular weight excluding hydrogens is 148 g/mol. The molecule has 0 radical (unpaired) electrons. The lowest BCUT2D eigenvalue weighted by Gasteiger charge is -2.04. The van der Waals surface area contributed by atoms with Crippen molar-refractivity contribution >= 4 is 5.69 Å². The minimum atomic E-state index is -0.592. The van der Waals surface area contributed by atoms with Crippen molar-refractivity contribution in [3.63, 3.8) is 0 Å². The lowest BCUT2D eigenvalue weighted by atomic mass is 10.1. The number of nitrogens with two attached hydrogens (primary N) is 1. The molecule has 1 aromatic rings. The topological polar surface area (TPSA) is 26.0 Å². The molecule has 0 aliphatic carbocycles. The van der Waals surface area contributed by atoms with Crippen LogP contribution in [0.15, 0.2) is 6.07 Å². The minimum Gasteiger partial charge on any atom is -0.398 e. The van der Waals surface area contributed by atoms with Crippen molar-refractivity contribution in [3.8, 4) is 0 Å². The molecule has 0 spiro atoms. The second-order valence-corrected chi connectivity index (χ2v) is 2.51. The molecule has 0 atom stereocenters. The maximum atomic E-state index is 12.9. The summed E-state index contributed by atoms with van der Waals surface area (Å²) in [4.78, 5) is 0. The van der Waals surface area contributed by atoms with Crippen LogP contribution in [0.2, 0.25) is 0 Å². The normalized spacial score (nSPS) is 10.2. The predicted octanol–water partition coefficient (Wildman–Crippen LogP) is 2.16. The zero-order valence-corrected chi connectivity index (χ0v) is 6.41. The smallest absolute Gasteiger partial charge is 0.133 e. The third kappa shape index (κ3) is 1.18. The second-order valence-electron chi connectivity index (χ2n) is 2.51. The number of nitrogen functional groups attached to an aromatic ring is 1. The van der Waals surface area contributed by atoms with Crippen LogP contribution in [0.4, 0.5) is 14.5 Å². The number of hydrogen-bond donors (Lipinski definition) is 1. The van der Waals surface area contributed by atoms with Gasteiger partial charge in [-0.2, -0.15) is 0 Å². The summed E-state index contributed by atoms with van der Waals surface area (Å²) < 4.78 is 25.6. The molecule has 11 heavy (non-hydrogen) atoms. The lowest BCUT2D eigenvalue weighted by molar-refractivity contribution is 0.563. The molecule has 0 fully saturated rings. The molecule has 3 heteroatoms. The number of rotatable bonds is 0. The summed E-state index contributed by atoms with van der Waals surface area (Å²) in [5, 5.41) is 0. The quantitative estimate of drug-likeness (QED) is 0.574. The SMILES string of the molecule is Cc1c(N)cc(F)c(C)c1F. The van der Waals surface area contributed by atoms with Crippen LogP contribution in [0, 0.1) is 25.5 Å². The lowest BCUT2D eigenvalue weighted by Crippen LogP contribution is -1.98. The van der Waals surface area contributed by atoms with Crippen molar-refractivity contribution in [2.24, 2.45) is 0 Å². The molecule has 1 rings (SSSR count). The molecule has 1 aromatic carbocycles. The van der Waals surface area contributed by atoms with Gasteiger partial charge in [-0.05, 0) is 19.9 Å². The monoisotopic (exact) mass is 157 g/mol. The van der Waals surface area contributed by atoms with Gasteiger partial charge in [-0.25, -0.2) is 8.78 Å². The van der Waals surface area contributed by atoms with Crippen molar-refractivity contribution in [1.82, 2.24) is 0 Å². The van der Waals surface area contributed by atoms with Crippen LogP contribution in [0.25, 0.3) is 0 Å². The van der Waals surface area contributed by atoms with Gasteiger partial charge in [-0.3, -0.25) is 0 Å². The first kappa shape index (κ1) is 7.98. The summed E-state index contributed by atoms with van der Waals surface area (Å²) in [5.41, 5.74) is 5.80. The van der Waals surface area contributed by atoms with Crippen LogP contribution < -0.4 is 5.73 Å². The van der Waals surface area contributed by atoms with Crippen molar-refractivity contribution in [3.05, 3.63) is 28.8 Å². The maximum absolute atomic E-state index is 12.9. The fourth-order valence-electron chi connectivity index (χ4n) is 0.866. The zero-order valence-electron chi connectivity index (χ0n) is 6.41. The van der Waals surface area contributed by atoms with Gasteiger partial charge in [0.25, 0.3) is 0 Å². The molecule has 0 aliphatic rings. The van der Waals surface area contributed by atoms with Gasteiger partial charge in [0.1, 0.15) is 11.6 Å². The molecule has 60 valence electrons. The number of halogens is 2. The Bertz CT molecular complexity index is 268. The maximum Gasteiger partial charge on any atom is 0.133 e. The summed E-state index contributed by atoms with van der Waals surface area (Å²) in [7, 11) is 0. The Balaban J connectivity index is 3.46. The highest BCUT2D eigenvalue weighted by molar-refractivity contribution is 5.49. The molecule has 0 aromatic heterocycles. The Kier molecular flexibility index (Phi) is 1.81. The zero-order chi connectivity index (χ0) is 8.59. The third-order valence-electron chi connectivity index (χ3n) is 1.73. The van der Waals surface area contributed by atoms with E-state index in [0.29, 0.717) is 5.56 Å². The van der Waals surface area contributed by atoms with E-state index in [1.165, 1.54) is 13.8 Å². The van der Waals surface area contributed by atoms with Crippen LogP contribution in [-0.4, -0.2) is 0 Å². The van der Waals surface area contributed by atoms with Gasteiger partial charge in [0.05, 0.1) is 0 Å². The van der Waals surface area contributed by atoms with Crippen molar-refractivity contribution < 1.29 is 8.78 Å². The van der Waals surface area contributed by atoms with E-state index in [2.05, 4.69) is 0 Å². The molecule has 0 heterocycles. The fourth-order valence-corrected chi connectivity index (χ4v) is 0.866. The Hall–Kier alpha value is -1.12. The summed E-state index contributed by atoms with van der Waals surface area (Å²) in [6.45, 7) is 2.91.